The fourth-order valence-corrected chi connectivity index (χ4v) is 4.61. The highest BCUT2D eigenvalue weighted by molar-refractivity contribution is 6.31. The third-order valence-electron chi connectivity index (χ3n) is 5.88. The number of rotatable bonds is 4. The molecule has 2 aliphatic rings. The zero-order chi connectivity index (χ0) is 21.8. The highest BCUT2D eigenvalue weighted by atomic mass is 35.5. The van der Waals surface area contributed by atoms with Crippen molar-refractivity contribution in [3.05, 3.63) is 53.1 Å². The van der Waals surface area contributed by atoms with Gasteiger partial charge in [-0.25, -0.2) is 4.90 Å². The normalized spacial score (nSPS) is 28.0. The molecule has 2 aromatic rings. The summed E-state index contributed by atoms with van der Waals surface area (Å²) >= 11 is 6.02. The molecule has 156 valence electrons. The maximum absolute atomic E-state index is 13.4. The SMILES string of the molecule is COc1cccc([C@@H]2N[C@](C)(C(=O)O)[C@H]3C(=O)N(c4cccc(Cl)c4)C(=O)[C@@H]23)c1O. The van der Waals surface area contributed by atoms with Crippen molar-refractivity contribution in [2.75, 3.05) is 12.0 Å². The number of methoxy groups -OCH3 is 1. The standard InChI is InChI=1S/C21H19ClN2O6/c1-21(20(28)29)15-14(16(23-21)12-7-4-8-13(30-2)17(12)25)18(26)24(19(15)27)11-6-3-5-10(22)9-11/h3-9,14-16,23,25H,1-2H3,(H,28,29)/t14-,15-,16+,21+/m1/s1. The third kappa shape index (κ3) is 2.75. The van der Waals surface area contributed by atoms with Crippen molar-refractivity contribution < 1.29 is 29.3 Å². The smallest absolute Gasteiger partial charge is 0.324 e. The number of aliphatic carboxylic acids is 1. The number of hydrogen-bond acceptors (Lipinski definition) is 6. The first-order chi connectivity index (χ1) is 14.2. The van der Waals surface area contributed by atoms with Crippen LogP contribution in [0.3, 0.4) is 0 Å². The summed E-state index contributed by atoms with van der Waals surface area (Å²) in [5.41, 5.74) is -1.16. The van der Waals surface area contributed by atoms with Crippen molar-refractivity contribution in [1.29, 1.82) is 0 Å². The van der Waals surface area contributed by atoms with Crippen LogP contribution in [0, 0.1) is 11.8 Å². The molecule has 0 aromatic heterocycles. The van der Waals surface area contributed by atoms with Crippen LogP contribution >= 0.6 is 11.6 Å². The molecule has 0 saturated carbocycles. The van der Waals surface area contributed by atoms with Gasteiger partial charge in [-0.1, -0.05) is 29.8 Å². The van der Waals surface area contributed by atoms with E-state index in [0.717, 1.165) is 4.90 Å². The van der Waals surface area contributed by atoms with Gasteiger partial charge in [-0.15, -0.1) is 0 Å². The van der Waals surface area contributed by atoms with E-state index in [0.29, 0.717) is 5.02 Å². The lowest BCUT2D eigenvalue weighted by atomic mass is 9.80. The molecule has 4 rings (SSSR count). The average molecular weight is 431 g/mol. The van der Waals surface area contributed by atoms with Crippen molar-refractivity contribution in [3.63, 3.8) is 0 Å². The lowest BCUT2D eigenvalue weighted by Crippen LogP contribution is -2.53. The van der Waals surface area contributed by atoms with E-state index < -0.39 is 41.2 Å². The number of fused-ring (bicyclic) bond motifs is 1. The fourth-order valence-electron chi connectivity index (χ4n) is 4.43. The van der Waals surface area contributed by atoms with Crippen LogP contribution in [0.5, 0.6) is 11.5 Å². The van der Waals surface area contributed by atoms with Gasteiger partial charge >= 0.3 is 5.97 Å². The van der Waals surface area contributed by atoms with Gasteiger partial charge in [0.1, 0.15) is 5.54 Å². The number of halogens is 1. The number of ether oxygens (including phenoxy) is 1. The second kappa shape index (κ2) is 7.00. The number of nitrogens with zero attached hydrogens (tertiary/aromatic N) is 1. The van der Waals surface area contributed by atoms with E-state index in [2.05, 4.69) is 5.32 Å². The molecule has 2 aromatic carbocycles. The molecular formula is C21H19ClN2O6. The number of carboxylic acid groups (broad SMARTS) is 1. The number of carbonyl (C=O) groups excluding carboxylic acids is 2. The number of benzene rings is 2. The Bertz CT molecular complexity index is 1070. The Balaban J connectivity index is 1.86. The molecule has 2 amide bonds. The largest absolute Gasteiger partial charge is 0.504 e. The van der Waals surface area contributed by atoms with Gasteiger partial charge in [-0.2, -0.15) is 0 Å². The average Bonchev–Trinajstić information content (AvgIpc) is 3.16. The monoisotopic (exact) mass is 430 g/mol. The zero-order valence-corrected chi connectivity index (χ0v) is 16.9. The topological polar surface area (TPSA) is 116 Å². The number of phenols is 1. The van der Waals surface area contributed by atoms with Gasteiger partial charge in [-0.3, -0.25) is 19.7 Å². The highest BCUT2D eigenvalue weighted by Crippen LogP contribution is 2.52. The number of anilines is 1. The van der Waals surface area contributed by atoms with Crippen LogP contribution in [0.15, 0.2) is 42.5 Å². The molecule has 2 aliphatic heterocycles. The van der Waals surface area contributed by atoms with E-state index in [4.69, 9.17) is 16.3 Å². The number of phenolic OH excluding ortho intramolecular Hbond substituents is 1. The summed E-state index contributed by atoms with van der Waals surface area (Å²) < 4.78 is 5.14. The molecular weight excluding hydrogens is 412 g/mol. The van der Waals surface area contributed by atoms with E-state index in [9.17, 15) is 24.6 Å². The predicted molar refractivity (Wildman–Crippen MR) is 108 cm³/mol. The lowest BCUT2D eigenvalue weighted by molar-refractivity contribution is -0.147. The maximum atomic E-state index is 13.4. The van der Waals surface area contributed by atoms with Crippen LogP contribution in [-0.2, 0) is 14.4 Å². The minimum absolute atomic E-state index is 0.179. The molecule has 3 N–H and O–H groups in total. The summed E-state index contributed by atoms with van der Waals surface area (Å²) in [6, 6.07) is 10.1. The van der Waals surface area contributed by atoms with Crippen LogP contribution in [0.1, 0.15) is 18.5 Å². The molecule has 0 unspecified atom stereocenters. The zero-order valence-electron chi connectivity index (χ0n) is 16.1. The van der Waals surface area contributed by atoms with Crippen LogP contribution in [0.25, 0.3) is 0 Å². The molecule has 9 heteroatoms. The van der Waals surface area contributed by atoms with Gasteiger partial charge in [0.2, 0.25) is 11.8 Å². The number of amides is 2. The van der Waals surface area contributed by atoms with E-state index in [1.54, 1.807) is 36.4 Å². The Kier molecular flexibility index (Phi) is 4.71. The van der Waals surface area contributed by atoms with Gasteiger partial charge in [0.25, 0.3) is 0 Å². The minimum Gasteiger partial charge on any atom is -0.504 e. The first kappa shape index (κ1) is 20.2. The third-order valence-corrected chi connectivity index (χ3v) is 6.12. The Morgan fingerprint density at radius 2 is 1.90 bits per heavy atom. The second-order valence-electron chi connectivity index (χ2n) is 7.52. The number of imide groups is 1. The Labute approximate surface area is 177 Å². The molecule has 0 spiro atoms. The predicted octanol–water partition coefficient (Wildman–Crippen LogP) is 2.35. The van der Waals surface area contributed by atoms with Gasteiger partial charge in [0.05, 0.1) is 24.6 Å². The van der Waals surface area contributed by atoms with Gasteiger partial charge < -0.3 is 14.9 Å². The van der Waals surface area contributed by atoms with Gasteiger partial charge in [0, 0.05) is 16.6 Å². The minimum atomic E-state index is -1.72. The highest BCUT2D eigenvalue weighted by Gasteiger charge is 2.67. The van der Waals surface area contributed by atoms with Crippen molar-refractivity contribution in [3.8, 4) is 11.5 Å². The first-order valence-corrected chi connectivity index (χ1v) is 9.59. The fraction of sp³-hybridized carbons (Fsp3) is 0.286. The van der Waals surface area contributed by atoms with E-state index in [1.807, 2.05) is 0 Å². The summed E-state index contributed by atoms with van der Waals surface area (Å²) in [6.45, 7) is 1.37. The maximum Gasteiger partial charge on any atom is 0.324 e. The Morgan fingerprint density at radius 3 is 2.53 bits per heavy atom. The second-order valence-corrected chi connectivity index (χ2v) is 7.96. The molecule has 8 nitrogen and oxygen atoms in total. The molecule has 2 saturated heterocycles. The van der Waals surface area contributed by atoms with Crippen LogP contribution in [-0.4, -0.2) is 40.6 Å². The van der Waals surface area contributed by atoms with Crippen molar-refractivity contribution in [2.45, 2.75) is 18.5 Å². The van der Waals surface area contributed by atoms with Crippen LogP contribution < -0.4 is 15.0 Å². The Hall–Kier alpha value is -3.10. The molecule has 4 atom stereocenters. The van der Waals surface area contributed by atoms with E-state index in [1.165, 1.54) is 20.1 Å². The van der Waals surface area contributed by atoms with Crippen molar-refractivity contribution >= 4 is 35.1 Å². The summed E-state index contributed by atoms with van der Waals surface area (Å²) in [4.78, 5) is 39.8. The van der Waals surface area contributed by atoms with Crippen molar-refractivity contribution in [2.24, 2.45) is 11.8 Å². The van der Waals surface area contributed by atoms with E-state index >= 15 is 0 Å². The molecule has 0 aliphatic carbocycles. The number of carboxylic acids is 1. The summed E-state index contributed by atoms with van der Waals surface area (Å²) in [5, 5.41) is 23.8. The number of carbonyl (C=O) groups is 3. The molecule has 2 heterocycles. The summed E-state index contributed by atoms with van der Waals surface area (Å²) in [6.07, 6.45) is 0. The molecule has 0 radical (unpaired) electrons. The summed E-state index contributed by atoms with van der Waals surface area (Å²) in [7, 11) is 1.39. The van der Waals surface area contributed by atoms with Crippen molar-refractivity contribution in [1.82, 2.24) is 5.32 Å². The van der Waals surface area contributed by atoms with Gasteiger partial charge in [0.15, 0.2) is 11.5 Å². The Morgan fingerprint density at radius 1 is 1.20 bits per heavy atom. The van der Waals surface area contributed by atoms with Crippen LogP contribution in [0.4, 0.5) is 5.69 Å². The number of hydrogen-bond donors (Lipinski definition) is 3. The number of para-hydroxylation sites is 1. The first-order valence-electron chi connectivity index (χ1n) is 9.21. The lowest BCUT2D eigenvalue weighted by Gasteiger charge is -2.27. The quantitative estimate of drug-likeness (QED) is 0.637. The number of aromatic hydroxyl groups is 1. The van der Waals surface area contributed by atoms with E-state index in [-0.39, 0.29) is 22.7 Å². The molecule has 0 bridgehead atoms. The number of nitrogens with one attached hydrogen (secondary N) is 1. The molecule has 30 heavy (non-hydrogen) atoms. The summed E-state index contributed by atoms with van der Waals surface area (Å²) in [5.74, 6) is -4.69. The van der Waals surface area contributed by atoms with Gasteiger partial charge in [-0.05, 0) is 31.2 Å². The molecule has 2 fully saturated rings. The van der Waals surface area contributed by atoms with Crippen LogP contribution in [0.2, 0.25) is 5.02 Å².